The number of para-hydroxylation sites is 1. The van der Waals surface area contributed by atoms with E-state index >= 15 is 0 Å². The van der Waals surface area contributed by atoms with Gasteiger partial charge < -0.3 is 0 Å². The van der Waals surface area contributed by atoms with E-state index in [1.807, 2.05) is 86.6 Å². The Balaban J connectivity index is 1.80. The molecule has 5 rings (SSSR count). The molecule has 0 radical (unpaired) electrons. The molecular weight excluding hydrogens is 414 g/mol. The van der Waals surface area contributed by atoms with Crippen molar-refractivity contribution in [2.24, 2.45) is 0 Å². The molecule has 3 heterocycles. The van der Waals surface area contributed by atoms with Crippen molar-refractivity contribution in [3.63, 3.8) is 0 Å². The number of hydrogen-bond acceptors (Lipinski definition) is 5. The normalized spacial score (nSPS) is 10.8. The second-order valence-electron chi connectivity index (χ2n) is 7.60. The highest BCUT2D eigenvalue weighted by Gasteiger charge is 2.22. The number of hydrogen-bond donors (Lipinski definition) is 1. The lowest BCUT2D eigenvalue weighted by molar-refractivity contribution is 0.769. The molecule has 0 bridgehead atoms. The molecule has 5 aromatic rings. The molecule has 0 aliphatic rings. The zero-order chi connectivity index (χ0) is 22.9. The lowest BCUT2D eigenvalue weighted by atomic mass is 10.0. The largest absolute Gasteiger partial charge is 0.290 e. The molecule has 8 nitrogen and oxygen atoms in total. The summed E-state index contributed by atoms with van der Waals surface area (Å²) in [6.07, 6.45) is 1.80. The van der Waals surface area contributed by atoms with Crippen molar-refractivity contribution < 1.29 is 0 Å². The van der Waals surface area contributed by atoms with Crippen LogP contribution in [0.5, 0.6) is 0 Å². The van der Waals surface area contributed by atoms with Crippen molar-refractivity contribution in [3.8, 4) is 40.2 Å². The molecule has 0 unspecified atom stereocenters. The van der Waals surface area contributed by atoms with Crippen LogP contribution in [0.2, 0.25) is 0 Å². The van der Waals surface area contributed by atoms with Crippen LogP contribution in [0.1, 0.15) is 17.0 Å². The molecule has 1 N–H and O–H groups in total. The van der Waals surface area contributed by atoms with E-state index in [9.17, 15) is 10.1 Å². The Bertz CT molecular complexity index is 1550. The third-order valence-electron chi connectivity index (χ3n) is 5.27. The van der Waals surface area contributed by atoms with E-state index in [0.717, 1.165) is 22.6 Å². The summed E-state index contributed by atoms with van der Waals surface area (Å²) in [6.45, 7) is 3.74. The lowest BCUT2D eigenvalue weighted by Crippen LogP contribution is -2.19. The zero-order valence-corrected chi connectivity index (χ0v) is 18.0. The van der Waals surface area contributed by atoms with E-state index in [4.69, 9.17) is 5.10 Å². The molecular formula is C25H19N7O. The highest BCUT2D eigenvalue weighted by Crippen LogP contribution is 2.32. The lowest BCUT2D eigenvalue weighted by Gasteiger charge is -2.08. The minimum atomic E-state index is -0.531. The summed E-state index contributed by atoms with van der Waals surface area (Å²) in [6, 6.07) is 23.2. The van der Waals surface area contributed by atoms with Crippen LogP contribution in [0.15, 0.2) is 77.7 Å². The van der Waals surface area contributed by atoms with Gasteiger partial charge in [0.2, 0.25) is 5.95 Å². The maximum atomic E-state index is 12.9. The van der Waals surface area contributed by atoms with Crippen molar-refractivity contribution in [2.45, 2.75) is 13.8 Å². The van der Waals surface area contributed by atoms with E-state index in [-0.39, 0.29) is 17.2 Å². The number of rotatable bonds is 4. The first-order chi connectivity index (χ1) is 16.0. The third kappa shape index (κ3) is 3.62. The van der Waals surface area contributed by atoms with Gasteiger partial charge in [-0.2, -0.15) is 15.5 Å². The second kappa shape index (κ2) is 8.05. The van der Waals surface area contributed by atoms with Crippen LogP contribution in [0, 0.1) is 25.2 Å². The van der Waals surface area contributed by atoms with Crippen LogP contribution in [-0.4, -0.2) is 29.5 Å². The fourth-order valence-electron chi connectivity index (χ4n) is 3.77. The first kappa shape index (κ1) is 20.2. The van der Waals surface area contributed by atoms with Crippen molar-refractivity contribution in [1.82, 2.24) is 29.5 Å². The van der Waals surface area contributed by atoms with E-state index < -0.39 is 5.56 Å². The van der Waals surface area contributed by atoms with Gasteiger partial charge in [-0.25, -0.2) is 14.3 Å². The smallest absolute Gasteiger partial charge is 0.270 e. The van der Waals surface area contributed by atoms with Gasteiger partial charge in [-0.1, -0.05) is 48.5 Å². The van der Waals surface area contributed by atoms with Gasteiger partial charge >= 0.3 is 0 Å². The van der Waals surface area contributed by atoms with E-state index in [0.29, 0.717) is 11.3 Å². The summed E-state index contributed by atoms with van der Waals surface area (Å²) >= 11 is 0. The highest BCUT2D eigenvalue weighted by atomic mass is 16.1. The van der Waals surface area contributed by atoms with Gasteiger partial charge in [-0.05, 0) is 32.0 Å². The molecule has 0 aliphatic carbocycles. The number of nitrogens with one attached hydrogen (secondary N) is 1. The minimum Gasteiger partial charge on any atom is -0.290 e. The topological polar surface area (TPSA) is 105 Å². The van der Waals surface area contributed by atoms with E-state index in [1.54, 1.807) is 15.6 Å². The van der Waals surface area contributed by atoms with Gasteiger partial charge in [0.25, 0.3) is 5.56 Å². The summed E-state index contributed by atoms with van der Waals surface area (Å²) in [5.74, 6) is 0.242. The number of aromatic nitrogens is 6. The van der Waals surface area contributed by atoms with Crippen LogP contribution in [0.25, 0.3) is 34.2 Å². The molecule has 0 amide bonds. The van der Waals surface area contributed by atoms with Crippen LogP contribution < -0.4 is 5.56 Å². The number of H-pyrrole nitrogens is 1. The van der Waals surface area contributed by atoms with Gasteiger partial charge in [0.1, 0.15) is 23.0 Å². The van der Waals surface area contributed by atoms with E-state index in [1.165, 1.54) is 0 Å². The van der Waals surface area contributed by atoms with Crippen LogP contribution >= 0.6 is 0 Å². The molecule has 3 aromatic heterocycles. The Morgan fingerprint density at radius 2 is 1.64 bits per heavy atom. The highest BCUT2D eigenvalue weighted by molar-refractivity contribution is 5.81. The third-order valence-corrected chi connectivity index (χ3v) is 5.27. The fraction of sp³-hybridized carbons (Fsp3) is 0.0800. The average Bonchev–Trinajstić information content (AvgIpc) is 3.43. The number of aryl methyl sites for hydroxylation is 2. The number of aromatic amines is 1. The Hall–Kier alpha value is -4.77. The molecule has 0 atom stereocenters. The number of nitrogens with zero attached hydrogens (tertiary/aromatic N) is 6. The summed E-state index contributed by atoms with van der Waals surface area (Å²) in [5.41, 5.74) is 4.15. The maximum absolute atomic E-state index is 12.9. The van der Waals surface area contributed by atoms with Crippen molar-refractivity contribution in [1.29, 1.82) is 5.26 Å². The first-order valence-corrected chi connectivity index (χ1v) is 10.3. The predicted molar refractivity (Wildman–Crippen MR) is 124 cm³/mol. The van der Waals surface area contributed by atoms with Crippen LogP contribution in [-0.2, 0) is 0 Å². The number of nitriles is 1. The summed E-state index contributed by atoms with van der Waals surface area (Å²) < 4.78 is 3.29. The average molecular weight is 433 g/mol. The molecule has 0 fully saturated rings. The van der Waals surface area contributed by atoms with Gasteiger partial charge in [0, 0.05) is 23.0 Å². The quantitative estimate of drug-likeness (QED) is 0.462. The molecule has 160 valence electrons. The zero-order valence-electron chi connectivity index (χ0n) is 18.0. The van der Waals surface area contributed by atoms with Crippen molar-refractivity contribution >= 4 is 0 Å². The van der Waals surface area contributed by atoms with Crippen LogP contribution in [0.3, 0.4) is 0 Å². The number of benzene rings is 2. The molecule has 33 heavy (non-hydrogen) atoms. The first-order valence-electron chi connectivity index (χ1n) is 10.3. The maximum Gasteiger partial charge on any atom is 0.270 e. The Kier molecular flexibility index (Phi) is 4.92. The van der Waals surface area contributed by atoms with Gasteiger partial charge in [-0.3, -0.25) is 9.78 Å². The molecule has 0 aliphatic heterocycles. The summed E-state index contributed by atoms with van der Waals surface area (Å²) in [4.78, 5) is 20.3. The second-order valence-corrected chi connectivity index (χ2v) is 7.60. The van der Waals surface area contributed by atoms with Gasteiger partial charge in [0.05, 0.1) is 11.4 Å². The Morgan fingerprint density at radius 3 is 2.27 bits per heavy atom. The Morgan fingerprint density at radius 1 is 0.939 bits per heavy atom. The Labute approximate surface area is 189 Å². The molecule has 0 saturated heterocycles. The van der Waals surface area contributed by atoms with Crippen LogP contribution in [0.4, 0.5) is 0 Å². The van der Waals surface area contributed by atoms with Gasteiger partial charge in [-0.15, -0.1) is 0 Å². The molecule has 0 saturated carbocycles. The van der Waals surface area contributed by atoms with Crippen molar-refractivity contribution in [2.75, 3.05) is 0 Å². The monoisotopic (exact) mass is 433 g/mol. The molecule has 8 heteroatoms. The summed E-state index contributed by atoms with van der Waals surface area (Å²) in [5, 5.41) is 19.0. The minimum absolute atomic E-state index is 0.0786. The molecule has 2 aromatic carbocycles. The predicted octanol–water partition coefficient (Wildman–Crippen LogP) is 3.96. The van der Waals surface area contributed by atoms with E-state index in [2.05, 4.69) is 15.1 Å². The summed E-state index contributed by atoms with van der Waals surface area (Å²) in [7, 11) is 0. The molecule has 0 spiro atoms. The van der Waals surface area contributed by atoms with Gasteiger partial charge in [0.15, 0.2) is 0 Å². The fourth-order valence-corrected chi connectivity index (χ4v) is 3.77. The van der Waals surface area contributed by atoms with Crippen molar-refractivity contribution in [3.05, 3.63) is 100 Å². The standard InChI is InChI=1S/C25H19N7O/c1-16-13-17(2)32(29-16)25-27-23(20(14-26)24(33)28-25)21-15-31(19-11-7-4-8-12-19)30-22(21)18-9-5-3-6-10-18/h3-13,15H,1-2H3,(H,27,28,33). The SMILES string of the molecule is Cc1cc(C)n(-c2nc(-c3cn(-c4ccccc4)nc3-c3ccccc3)c(C#N)c(=O)[nH]2)n1.